The molecule has 2 aromatic rings. The molecule has 0 saturated carbocycles. The molecular weight excluding hydrogens is 325 g/mol. The summed E-state index contributed by atoms with van der Waals surface area (Å²) >= 11 is 2.23. The first-order chi connectivity index (χ1) is 8.19. The monoisotopic (exact) mass is 339 g/mol. The highest BCUT2D eigenvalue weighted by Gasteiger charge is 2.03. The quantitative estimate of drug-likeness (QED) is 0.671. The Labute approximate surface area is 115 Å². The van der Waals surface area contributed by atoms with Crippen molar-refractivity contribution >= 4 is 28.3 Å². The maximum atomic E-state index is 5.91. The first kappa shape index (κ1) is 12.2. The molecule has 2 aromatic carbocycles. The molecule has 0 aromatic heterocycles. The van der Waals surface area contributed by atoms with Crippen molar-refractivity contribution in [2.45, 2.75) is 13.3 Å². The fourth-order valence-corrected chi connectivity index (χ4v) is 2.08. The molecule has 0 unspecified atom stereocenters. The number of benzene rings is 2. The number of nitrogen functional groups attached to an aromatic ring is 1. The molecule has 88 valence electrons. The van der Waals surface area contributed by atoms with Gasteiger partial charge in [0.1, 0.15) is 11.5 Å². The Morgan fingerprint density at radius 1 is 1.18 bits per heavy atom. The molecule has 0 fully saturated rings. The van der Waals surface area contributed by atoms with Crippen LogP contribution < -0.4 is 10.5 Å². The molecule has 0 amide bonds. The first-order valence-corrected chi connectivity index (χ1v) is 6.58. The van der Waals surface area contributed by atoms with Gasteiger partial charge in [0.05, 0.1) is 5.69 Å². The van der Waals surface area contributed by atoms with Crippen molar-refractivity contribution in [3.05, 3.63) is 51.6 Å². The molecule has 0 aliphatic heterocycles. The van der Waals surface area contributed by atoms with Crippen LogP contribution in [-0.4, -0.2) is 0 Å². The average molecular weight is 339 g/mol. The number of nitrogens with two attached hydrogens (primary N) is 1. The van der Waals surface area contributed by atoms with Gasteiger partial charge in [-0.1, -0.05) is 19.1 Å². The predicted octanol–water partition coefficient (Wildman–Crippen LogP) is 4.23. The van der Waals surface area contributed by atoms with Gasteiger partial charge < -0.3 is 10.5 Å². The summed E-state index contributed by atoms with van der Waals surface area (Å²) in [5.41, 5.74) is 7.83. The third kappa shape index (κ3) is 3.12. The molecule has 2 nitrogen and oxygen atoms in total. The number of aryl methyl sites for hydroxylation is 1. The molecule has 0 spiro atoms. The van der Waals surface area contributed by atoms with Crippen LogP contribution in [0.25, 0.3) is 0 Å². The molecule has 2 rings (SSSR count). The lowest BCUT2D eigenvalue weighted by atomic mass is 10.2. The second-order valence-corrected chi connectivity index (χ2v) is 5.03. The number of rotatable bonds is 3. The van der Waals surface area contributed by atoms with E-state index in [0.29, 0.717) is 11.4 Å². The standard InChI is InChI=1S/C14H14INO/c1-2-10-4-3-5-12(8-10)17-14-7-6-11(15)9-13(14)16/h3-9H,2,16H2,1H3. The van der Waals surface area contributed by atoms with Crippen molar-refractivity contribution in [3.8, 4) is 11.5 Å². The van der Waals surface area contributed by atoms with Crippen LogP contribution >= 0.6 is 22.6 Å². The lowest BCUT2D eigenvalue weighted by Crippen LogP contribution is -1.93. The van der Waals surface area contributed by atoms with Gasteiger partial charge in [-0.3, -0.25) is 0 Å². The van der Waals surface area contributed by atoms with Gasteiger partial charge in [-0.15, -0.1) is 0 Å². The third-order valence-corrected chi connectivity index (χ3v) is 3.18. The van der Waals surface area contributed by atoms with Gasteiger partial charge >= 0.3 is 0 Å². The van der Waals surface area contributed by atoms with E-state index in [9.17, 15) is 0 Å². The highest BCUT2D eigenvalue weighted by molar-refractivity contribution is 14.1. The SMILES string of the molecule is CCc1cccc(Oc2ccc(I)cc2N)c1. The normalized spacial score (nSPS) is 10.2. The Balaban J connectivity index is 2.25. The fraction of sp³-hybridized carbons (Fsp3) is 0.143. The summed E-state index contributed by atoms with van der Waals surface area (Å²) in [6, 6.07) is 13.8. The molecule has 17 heavy (non-hydrogen) atoms. The van der Waals surface area contributed by atoms with Gasteiger partial charge in [-0.25, -0.2) is 0 Å². The molecule has 0 heterocycles. The molecule has 0 bridgehead atoms. The van der Waals surface area contributed by atoms with Crippen molar-refractivity contribution in [1.82, 2.24) is 0 Å². The van der Waals surface area contributed by atoms with Crippen molar-refractivity contribution in [2.75, 3.05) is 5.73 Å². The van der Waals surface area contributed by atoms with Gasteiger partial charge in [0.2, 0.25) is 0 Å². The number of hydrogen-bond donors (Lipinski definition) is 1. The molecule has 0 saturated heterocycles. The van der Waals surface area contributed by atoms with Gasteiger partial charge in [0, 0.05) is 3.57 Å². The second kappa shape index (κ2) is 5.40. The Morgan fingerprint density at radius 3 is 2.71 bits per heavy atom. The van der Waals surface area contributed by atoms with E-state index < -0.39 is 0 Å². The average Bonchev–Trinajstić information content (AvgIpc) is 2.33. The van der Waals surface area contributed by atoms with Crippen LogP contribution in [0.15, 0.2) is 42.5 Å². The van der Waals surface area contributed by atoms with E-state index in [1.807, 2.05) is 36.4 Å². The summed E-state index contributed by atoms with van der Waals surface area (Å²) in [6.07, 6.45) is 0.999. The van der Waals surface area contributed by atoms with Crippen LogP contribution in [0, 0.1) is 3.57 Å². The van der Waals surface area contributed by atoms with Crippen LogP contribution in [-0.2, 0) is 6.42 Å². The summed E-state index contributed by atoms with van der Waals surface area (Å²) in [5, 5.41) is 0. The van der Waals surface area contributed by atoms with E-state index in [1.165, 1.54) is 5.56 Å². The topological polar surface area (TPSA) is 35.2 Å². The largest absolute Gasteiger partial charge is 0.455 e. The third-order valence-electron chi connectivity index (χ3n) is 2.51. The number of anilines is 1. The lowest BCUT2D eigenvalue weighted by molar-refractivity contribution is 0.484. The van der Waals surface area contributed by atoms with E-state index >= 15 is 0 Å². The summed E-state index contributed by atoms with van der Waals surface area (Å²) in [7, 11) is 0. The van der Waals surface area contributed by atoms with Crippen molar-refractivity contribution in [2.24, 2.45) is 0 Å². The molecule has 0 aliphatic rings. The molecule has 0 atom stereocenters. The summed E-state index contributed by atoms with van der Waals surface area (Å²) in [6.45, 7) is 2.12. The lowest BCUT2D eigenvalue weighted by Gasteiger charge is -2.09. The van der Waals surface area contributed by atoms with Gasteiger partial charge in [-0.05, 0) is 64.9 Å². The van der Waals surface area contributed by atoms with Crippen molar-refractivity contribution in [1.29, 1.82) is 0 Å². The minimum Gasteiger partial charge on any atom is -0.455 e. The highest BCUT2D eigenvalue weighted by atomic mass is 127. The molecular formula is C14H14INO. The number of halogens is 1. The van der Waals surface area contributed by atoms with Gasteiger partial charge in [0.25, 0.3) is 0 Å². The van der Waals surface area contributed by atoms with Crippen LogP contribution in [0.4, 0.5) is 5.69 Å². The predicted molar refractivity (Wildman–Crippen MR) is 79.5 cm³/mol. The Hall–Kier alpha value is -1.23. The molecule has 0 aliphatic carbocycles. The molecule has 3 heteroatoms. The smallest absolute Gasteiger partial charge is 0.150 e. The zero-order chi connectivity index (χ0) is 12.3. The zero-order valence-electron chi connectivity index (χ0n) is 9.61. The van der Waals surface area contributed by atoms with E-state index in [4.69, 9.17) is 10.5 Å². The Morgan fingerprint density at radius 2 is 2.00 bits per heavy atom. The van der Waals surface area contributed by atoms with Crippen LogP contribution in [0.3, 0.4) is 0 Å². The maximum absolute atomic E-state index is 5.91. The van der Waals surface area contributed by atoms with Gasteiger partial charge in [0.15, 0.2) is 0 Å². The number of hydrogen-bond acceptors (Lipinski definition) is 2. The molecule has 0 radical (unpaired) electrons. The van der Waals surface area contributed by atoms with E-state index in [1.54, 1.807) is 0 Å². The Bertz CT molecular complexity index is 525. The summed E-state index contributed by atoms with van der Waals surface area (Å²) in [4.78, 5) is 0. The van der Waals surface area contributed by atoms with E-state index in [0.717, 1.165) is 15.7 Å². The minimum absolute atomic E-state index is 0.666. The first-order valence-electron chi connectivity index (χ1n) is 5.51. The van der Waals surface area contributed by atoms with E-state index in [2.05, 4.69) is 35.6 Å². The maximum Gasteiger partial charge on any atom is 0.150 e. The molecule has 2 N–H and O–H groups in total. The Kier molecular flexibility index (Phi) is 3.89. The van der Waals surface area contributed by atoms with Crippen molar-refractivity contribution in [3.63, 3.8) is 0 Å². The zero-order valence-corrected chi connectivity index (χ0v) is 11.8. The summed E-state index contributed by atoms with van der Waals surface area (Å²) in [5.74, 6) is 1.54. The van der Waals surface area contributed by atoms with Gasteiger partial charge in [-0.2, -0.15) is 0 Å². The highest BCUT2D eigenvalue weighted by Crippen LogP contribution is 2.29. The van der Waals surface area contributed by atoms with Crippen molar-refractivity contribution < 1.29 is 4.74 Å². The second-order valence-electron chi connectivity index (χ2n) is 3.79. The fourth-order valence-electron chi connectivity index (χ4n) is 1.57. The number of ether oxygens (including phenoxy) is 1. The van der Waals surface area contributed by atoms with Crippen LogP contribution in [0.5, 0.6) is 11.5 Å². The van der Waals surface area contributed by atoms with E-state index in [-0.39, 0.29) is 0 Å². The minimum atomic E-state index is 0.666. The summed E-state index contributed by atoms with van der Waals surface area (Å²) < 4.78 is 6.88. The van der Waals surface area contributed by atoms with Crippen LogP contribution in [0.1, 0.15) is 12.5 Å². The van der Waals surface area contributed by atoms with Crippen LogP contribution in [0.2, 0.25) is 0 Å².